The highest BCUT2D eigenvalue weighted by atomic mass is 32.2. The first kappa shape index (κ1) is 16.6. The fourth-order valence-electron chi connectivity index (χ4n) is 2.01. The molecule has 1 aliphatic rings. The van der Waals surface area contributed by atoms with Gasteiger partial charge in [-0.1, -0.05) is 26.7 Å². The minimum absolute atomic E-state index is 0.191. The molecule has 1 aromatic rings. The Kier molecular flexibility index (Phi) is 5.65. The van der Waals surface area contributed by atoms with Crippen LogP contribution in [0.15, 0.2) is 28.1 Å². The van der Waals surface area contributed by atoms with Gasteiger partial charge in [-0.3, -0.25) is 4.99 Å². The predicted molar refractivity (Wildman–Crippen MR) is 88.0 cm³/mol. The summed E-state index contributed by atoms with van der Waals surface area (Å²) in [5, 5.41) is 3.01. The van der Waals surface area contributed by atoms with Crippen LogP contribution < -0.4 is 14.8 Å². The first-order valence-electron chi connectivity index (χ1n) is 7.68. The van der Waals surface area contributed by atoms with Gasteiger partial charge in [0.2, 0.25) is 5.96 Å². The van der Waals surface area contributed by atoms with E-state index in [1.807, 2.05) is 0 Å². The Bertz CT molecular complexity index is 641. The Hall–Kier alpha value is -1.76. The standard InChI is InChI=1S/C15H23N3O3S/c1-3-5-9-16-15-17-13-8-7-12(21-10-6-4-2)11-14(13)22(19,20)18-15/h7-8,11H,3-6,9-10H2,1-2H3,(H2,16,17,18). The lowest BCUT2D eigenvalue weighted by Gasteiger charge is -2.22. The summed E-state index contributed by atoms with van der Waals surface area (Å²) in [6, 6.07) is 5.03. The number of ether oxygens (including phenoxy) is 1. The molecular weight excluding hydrogens is 302 g/mol. The lowest BCUT2D eigenvalue weighted by molar-refractivity contribution is 0.308. The van der Waals surface area contributed by atoms with Gasteiger partial charge in [-0.05, 0) is 25.0 Å². The van der Waals surface area contributed by atoms with Crippen LogP contribution in [-0.4, -0.2) is 27.5 Å². The molecule has 2 rings (SSSR count). The molecule has 1 aliphatic heterocycles. The van der Waals surface area contributed by atoms with Crippen LogP contribution in [0, 0.1) is 0 Å². The molecule has 0 saturated carbocycles. The molecule has 0 atom stereocenters. The van der Waals surface area contributed by atoms with Crippen molar-refractivity contribution in [2.75, 3.05) is 18.5 Å². The van der Waals surface area contributed by atoms with E-state index in [4.69, 9.17) is 4.74 Å². The molecule has 0 bridgehead atoms. The van der Waals surface area contributed by atoms with Gasteiger partial charge < -0.3 is 10.1 Å². The topological polar surface area (TPSA) is 79.8 Å². The Balaban J connectivity index is 2.18. The highest BCUT2D eigenvalue weighted by molar-refractivity contribution is 7.90. The fraction of sp³-hybridized carbons (Fsp3) is 0.533. The van der Waals surface area contributed by atoms with Crippen LogP contribution in [-0.2, 0) is 10.0 Å². The van der Waals surface area contributed by atoms with E-state index >= 15 is 0 Å². The third-order valence-electron chi connectivity index (χ3n) is 3.27. The number of rotatable bonds is 7. The third-order valence-corrected chi connectivity index (χ3v) is 4.65. The molecule has 0 spiro atoms. The number of guanidine groups is 1. The molecule has 0 amide bonds. The van der Waals surface area contributed by atoms with Gasteiger partial charge in [0.15, 0.2) is 0 Å². The second-order valence-electron chi connectivity index (χ2n) is 5.17. The van der Waals surface area contributed by atoms with Crippen molar-refractivity contribution in [1.29, 1.82) is 0 Å². The van der Waals surface area contributed by atoms with Crippen LogP contribution in [0.5, 0.6) is 5.75 Å². The molecule has 0 fully saturated rings. The average molecular weight is 325 g/mol. The SMILES string of the molecule is CCCCN=C1Nc2ccc(OCCCC)cc2S(=O)(=O)N1. The highest BCUT2D eigenvalue weighted by Crippen LogP contribution is 2.29. The number of unbranched alkanes of at least 4 members (excludes halogenated alkanes) is 2. The van der Waals surface area contributed by atoms with Gasteiger partial charge in [0.25, 0.3) is 10.0 Å². The lowest BCUT2D eigenvalue weighted by atomic mass is 10.3. The lowest BCUT2D eigenvalue weighted by Crippen LogP contribution is -2.40. The van der Waals surface area contributed by atoms with E-state index in [1.54, 1.807) is 18.2 Å². The van der Waals surface area contributed by atoms with Crippen molar-refractivity contribution < 1.29 is 13.2 Å². The van der Waals surface area contributed by atoms with Gasteiger partial charge in [-0.2, -0.15) is 0 Å². The quantitative estimate of drug-likeness (QED) is 0.755. The number of hydrogen-bond acceptors (Lipinski definition) is 4. The average Bonchev–Trinajstić information content (AvgIpc) is 2.48. The van der Waals surface area contributed by atoms with Crippen molar-refractivity contribution in [3.05, 3.63) is 18.2 Å². The summed E-state index contributed by atoms with van der Waals surface area (Å²) < 4.78 is 32.6. The van der Waals surface area contributed by atoms with E-state index in [0.717, 1.165) is 25.7 Å². The maximum Gasteiger partial charge on any atom is 0.266 e. The zero-order chi connectivity index (χ0) is 16.0. The van der Waals surface area contributed by atoms with Crippen LogP contribution >= 0.6 is 0 Å². The van der Waals surface area contributed by atoms with E-state index in [-0.39, 0.29) is 10.9 Å². The van der Waals surface area contributed by atoms with Crippen LogP contribution in [0.4, 0.5) is 5.69 Å². The minimum atomic E-state index is -3.60. The van der Waals surface area contributed by atoms with Crippen molar-refractivity contribution in [3.63, 3.8) is 0 Å². The molecule has 0 radical (unpaired) electrons. The van der Waals surface area contributed by atoms with Gasteiger partial charge in [0.05, 0.1) is 12.3 Å². The molecule has 1 aromatic carbocycles. The second-order valence-corrected chi connectivity index (χ2v) is 6.83. The van der Waals surface area contributed by atoms with E-state index in [2.05, 4.69) is 28.9 Å². The zero-order valence-corrected chi connectivity index (χ0v) is 13.9. The number of fused-ring (bicyclic) bond motifs is 1. The number of aliphatic imine (C=N–C) groups is 1. The number of hydrogen-bond donors (Lipinski definition) is 2. The van der Waals surface area contributed by atoms with Crippen molar-refractivity contribution in [1.82, 2.24) is 4.72 Å². The number of benzene rings is 1. The normalized spacial score (nSPS) is 17.5. The Morgan fingerprint density at radius 1 is 1.18 bits per heavy atom. The molecule has 0 aliphatic carbocycles. The molecule has 122 valence electrons. The Morgan fingerprint density at radius 2 is 1.95 bits per heavy atom. The van der Waals surface area contributed by atoms with Crippen molar-refractivity contribution >= 4 is 21.7 Å². The first-order valence-corrected chi connectivity index (χ1v) is 9.16. The largest absolute Gasteiger partial charge is 0.494 e. The first-order chi connectivity index (χ1) is 10.6. The Labute approximate surface area is 132 Å². The van der Waals surface area contributed by atoms with Crippen molar-refractivity contribution in [3.8, 4) is 5.75 Å². The van der Waals surface area contributed by atoms with Crippen molar-refractivity contribution in [2.24, 2.45) is 4.99 Å². The van der Waals surface area contributed by atoms with E-state index in [0.29, 0.717) is 24.6 Å². The molecule has 0 saturated heterocycles. The van der Waals surface area contributed by atoms with Gasteiger partial charge >= 0.3 is 0 Å². The summed E-state index contributed by atoms with van der Waals surface area (Å²) >= 11 is 0. The number of nitrogens with zero attached hydrogens (tertiary/aromatic N) is 1. The van der Waals surface area contributed by atoms with Crippen LogP contribution in [0.2, 0.25) is 0 Å². The minimum Gasteiger partial charge on any atom is -0.494 e. The van der Waals surface area contributed by atoms with Crippen LogP contribution in [0.25, 0.3) is 0 Å². The molecule has 1 heterocycles. The maximum absolute atomic E-state index is 12.3. The van der Waals surface area contributed by atoms with Gasteiger partial charge in [0.1, 0.15) is 10.6 Å². The second kappa shape index (κ2) is 7.49. The third kappa shape index (κ3) is 4.13. The van der Waals surface area contributed by atoms with Gasteiger partial charge in [-0.15, -0.1) is 0 Å². The van der Waals surface area contributed by atoms with Gasteiger partial charge in [0, 0.05) is 12.6 Å². The van der Waals surface area contributed by atoms with Crippen LogP contribution in [0.3, 0.4) is 0 Å². The molecule has 0 aromatic heterocycles. The number of nitrogens with one attached hydrogen (secondary N) is 2. The monoisotopic (exact) mass is 325 g/mol. The molecule has 22 heavy (non-hydrogen) atoms. The summed E-state index contributed by atoms with van der Waals surface area (Å²) in [6.45, 7) is 5.32. The number of sulfonamides is 1. The highest BCUT2D eigenvalue weighted by Gasteiger charge is 2.27. The summed E-state index contributed by atoms with van der Waals surface area (Å²) in [4.78, 5) is 4.43. The summed E-state index contributed by atoms with van der Waals surface area (Å²) in [6.07, 6.45) is 3.90. The summed E-state index contributed by atoms with van der Waals surface area (Å²) in [5.41, 5.74) is 0.525. The fourth-order valence-corrected chi connectivity index (χ4v) is 3.17. The molecule has 0 unspecified atom stereocenters. The van der Waals surface area contributed by atoms with E-state index in [9.17, 15) is 8.42 Å². The Morgan fingerprint density at radius 3 is 2.68 bits per heavy atom. The van der Waals surface area contributed by atoms with Crippen LogP contribution in [0.1, 0.15) is 39.5 Å². The summed E-state index contributed by atoms with van der Waals surface area (Å²) in [7, 11) is -3.60. The molecular formula is C15H23N3O3S. The molecule has 7 heteroatoms. The molecule has 2 N–H and O–H groups in total. The predicted octanol–water partition coefficient (Wildman–Crippen LogP) is 2.73. The number of anilines is 1. The maximum atomic E-state index is 12.3. The van der Waals surface area contributed by atoms with E-state index < -0.39 is 10.0 Å². The zero-order valence-electron chi connectivity index (χ0n) is 13.1. The van der Waals surface area contributed by atoms with Crippen molar-refractivity contribution in [2.45, 2.75) is 44.4 Å². The van der Waals surface area contributed by atoms with Gasteiger partial charge in [-0.25, -0.2) is 13.1 Å². The van der Waals surface area contributed by atoms with E-state index in [1.165, 1.54) is 0 Å². The molecule has 6 nitrogen and oxygen atoms in total. The summed E-state index contributed by atoms with van der Waals surface area (Å²) in [5.74, 6) is 0.839. The smallest absolute Gasteiger partial charge is 0.266 e.